The molecule has 0 fully saturated rings. The second kappa shape index (κ2) is 6.41. The predicted octanol–water partition coefficient (Wildman–Crippen LogP) is 3.91. The fourth-order valence-electron chi connectivity index (χ4n) is 2.02. The number of hydrogen-bond donors (Lipinski definition) is 0. The van der Waals surface area contributed by atoms with Crippen LogP contribution in [-0.4, -0.2) is 22.8 Å². The van der Waals surface area contributed by atoms with Crippen LogP contribution in [0.2, 0.25) is 0 Å². The van der Waals surface area contributed by atoms with Gasteiger partial charge < -0.3 is 0 Å². The third-order valence-electron chi connectivity index (χ3n) is 2.77. The number of alkyl halides is 1. The fraction of sp³-hybridized carbons (Fsp3) is 0.571. The molecule has 1 aromatic carbocycles. The Morgan fingerprint density at radius 3 is 2.12 bits per heavy atom. The minimum Gasteiger partial charge on any atom is -0.296 e. The van der Waals surface area contributed by atoms with E-state index in [1.54, 1.807) is 0 Å². The van der Waals surface area contributed by atoms with E-state index in [-0.39, 0.29) is 0 Å². The number of aryl methyl sites for hydroxylation is 2. The monoisotopic (exact) mass is 283 g/mol. The summed E-state index contributed by atoms with van der Waals surface area (Å²) in [7, 11) is 0. The van der Waals surface area contributed by atoms with Crippen molar-refractivity contribution < 1.29 is 0 Å². The van der Waals surface area contributed by atoms with Crippen LogP contribution in [0.1, 0.15) is 30.5 Å². The molecule has 90 valence electrons. The maximum atomic E-state index is 3.52. The zero-order valence-electron chi connectivity index (χ0n) is 10.8. The van der Waals surface area contributed by atoms with Gasteiger partial charge in [-0.25, -0.2) is 0 Å². The van der Waals surface area contributed by atoms with E-state index >= 15 is 0 Å². The van der Waals surface area contributed by atoms with Gasteiger partial charge in [0.2, 0.25) is 0 Å². The van der Waals surface area contributed by atoms with Crippen molar-refractivity contribution in [1.29, 1.82) is 0 Å². The van der Waals surface area contributed by atoms with Gasteiger partial charge in [-0.1, -0.05) is 45.3 Å². The Hall–Kier alpha value is -0.340. The van der Waals surface area contributed by atoms with Crippen molar-refractivity contribution in [2.24, 2.45) is 0 Å². The van der Waals surface area contributed by atoms with E-state index in [9.17, 15) is 0 Å². The second-order valence-electron chi connectivity index (χ2n) is 4.75. The molecule has 0 aliphatic rings. The number of rotatable bonds is 5. The third-order valence-corrected chi connectivity index (χ3v) is 3.12. The molecule has 0 bridgehead atoms. The molecule has 0 spiro atoms. The van der Waals surface area contributed by atoms with E-state index < -0.39 is 0 Å². The highest BCUT2D eigenvalue weighted by molar-refractivity contribution is 9.09. The van der Waals surface area contributed by atoms with Gasteiger partial charge in [-0.3, -0.25) is 4.90 Å². The topological polar surface area (TPSA) is 3.24 Å². The fourth-order valence-corrected chi connectivity index (χ4v) is 2.48. The lowest BCUT2D eigenvalue weighted by atomic mass is 10.1. The number of hydrogen-bond acceptors (Lipinski definition) is 1. The molecule has 2 heteroatoms. The molecule has 0 aromatic heterocycles. The SMILES string of the molecule is Cc1cc(C)cc(CN(CCBr)C(C)C)c1. The average molecular weight is 284 g/mol. The zero-order valence-corrected chi connectivity index (χ0v) is 12.3. The van der Waals surface area contributed by atoms with Gasteiger partial charge in [0, 0.05) is 24.5 Å². The van der Waals surface area contributed by atoms with Crippen LogP contribution in [0.25, 0.3) is 0 Å². The van der Waals surface area contributed by atoms with Crippen LogP contribution >= 0.6 is 15.9 Å². The molecule has 0 atom stereocenters. The van der Waals surface area contributed by atoms with Gasteiger partial charge in [-0.05, 0) is 33.3 Å². The number of halogens is 1. The summed E-state index contributed by atoms with van der Waals surface area (Å²) in [6, 6.07) is 7.40. The molecule has 0 unspecified atom stereocenters. The molecule has 0 N–H and O–H groups in total. The van der Waals surface area contributed by atoms with Crippen molar-refractivity contribution >= 4 is 15.9 Å². The summed E-state index contributed by atoms with van der Waals surface area (Å²) in [4.78, 5) is 2.49. The van der Waals surface area contributed by atoms with Crippen LogP contribution in [-0.2, 0) is 6.54 Å². The number of benzene rings is 1. The Labute approximate surface area is 108 Å². The molecule has 1 rings (SSSR count). The van der Waals surface area contributed by atoms with E-state index in [0.29, 0.717) is 6.04 Å². The maximum absolute atomic E-state index is 3.52. The van der Waals surface area contributed by atoms with Crippen molar-refractivity contribution in [1.82, 2.24) is 4.90 Å². The third kappa shape index (κ3) is 4.26. The summed E-state index contributed by atoms with van der Waals surface area (Å²) >= 11 is 3.52. The van der Waals surface area contributed by atoms with Crippen LogP contribution in [0.5, 0.6) is 0 Å². The summed E-state index contributed by atoms with van der Waals surface area (Å²) in [5.74, 6) is 0. The van der Waals surface area contributed by atoms with Crippen LogP contribution in [0.15, 0.2) is 18.2 Å². The van der Waals surface area contributed by atoms with Crippen LogP contribution < -0.4 is 0 Å². The Morgan fingerprint density at radius 2 is 1.69 bits per heavy atom. The molecule has 0 amide bonds. The molecule has 0 aliphatic heterocycles. The first-order valence-electron chi connectivity index (χ1n) is 5.90. The van der Waals surface area contributed by atoms with Crippen molar-refractivity contribution in [2.45, 2.75) is 40.3 Å². The van der Waals surface area contributed by atoms with Gasteiger partial charge in [0.25, 0.3) is 0 Å². The van der Waals surface area contributed by atoms with E-state index in [4.69, 9.17) is 0 Å². The quantitative estimate of drug-likeness (QED) is 0.741. The molecule has 0 saturated carbocycles. The van der Waals surface area contributed by atoms with Crippen LogP contribution in [0.3, 0.4) is 0 Å². The van der Waals surface area contributed by atoms with Crippen LogP contribution in [0, 0.1) is 13.8 Å². The molecule has 1 aromatic rings. The minimum absolute atomic E-state index is 0.596. The average Bonchev–Trinajstić information content (AvgIpc) is 2.15. The van der Waals surface area contributed by atoms with Gasteiger partial charge in [0.1, 0.15) is 0 Å². The Balaban J connectivity index is 2.76. The van der Waals surface area contributed by atoms with Gasteiger partial charge in [0.05, 0.1) is 0 Å². The Morgan fingerprint density at radius 1 is 1.12 bits per heavy atom. The molecule has 0 saturated heterocycles. The van der Waals surface area contributed by atoms with Gasteiger partial charge in [0.15, 0.2) is 0 Å². The first-order valence-corrected chi connectivity index (χ1v) is 7.02. The first-order chi connectivity index (χ1) is 7.52. The normalized spacial score (nSPS) is 11.4. The van der Waals surface area contributed by atoms with Crippen molar-refractivity contribution in [2.75, 3.05) is 11.9 Å². The zero-order chi connectivity index (χ0) is 12.1. The smallest absolute Gasteiger partial charge is 0.0236 e. The summed E-state index contributed by atoms with van der Waals surface area (Å²) in [6.45, 7) is 11.0. The first kappa shape index (κ1) is 13.7. The van der Waals surface area contributed by atoms with E-state index in [2.05, 4.69) is 66.7 Å². The van der Waals surface area contributed by atoms with Gasteiger partial charge >= 0.3 is 0 Å². The lowest BCUT2D eigenvalue weighted by Crippen LogP contribution is -2.32. The minimum atomic E-state index is 0.596. The second-order valence-corrected chi connectivity index (χ2v) is 5.54. The highest BCUT2D eigenvalue weighted by Gasteiger charge is 2.09. The highest BCUT2D eigenvalue weighted by Crippen LogP contribution is 2.13. The molecular formula is C14H22BrN. The van der Waals surface area contributed by atoms with Gasteiger partial charge in [-0.2, -0.15) is 0 Å². The summed E-state index contributed by atoms with van der Waals surface area (Å²) in [5.41, 5.74) is 4.14. The van der Waals surface area contributed by atoms with E-state index in [0.717, 1.165) is 18.4 Å². The van der Waals surface area contributed by atoms with E-state index in [1.807, 2.05) is 0 Å². The van der Waals surface area contributed by atoms with Crippen LogP contribution in [0.4, 0.5) is 0 Å². The maximum Gasteiger partial charge on any atom is 0.0236 e. The summed E-state index contributed by atoms with van der Waals surface area (Å²) in [6.07, 6.45) is 0. The molecule has 1 nitrogen and oxygen atoms in total. The lowest BCUT2D eigenvalue weighted by Gasteiger charge is -2.26. The van der Waals surface area contributed by atoms with E-state index in [1.165, 1.54) is 16.7 Å². The Kier molecular flexibility index (Phi) is 5.50. The molecule has 0 radical (unpaired) electrons. The highest BCUT2D eigenvalue weighted by atomic mass is 79.9. The molecule has 16 heavy (non-hydrogen) atoms. The van der Waals surface area contributed by atoms with Crippen molar-refractivity contribution in [3.63, 3.8) is 0 Å². The molecular weight excluding hydrogens is 262 g/mol. The number of nitrogens with zero attached hydrogens (tertiary/aromatic N) is 1. The largest absolute Gasteiger partial charge is 0.296 e. The van der Waals surface area contributed by atoms with Gasteiger partial charge in [-0.15, -0.1) is 0 Å². The summed E-state index contributed by atoms with van der Waals surface area (Å²) < 4.78 is 0. The predicted molar refractivity (Wildman–Crippen MR) is 75.3 cm³/mol. The summed E-state index contributed by atoms with van der Waals surface area (Å²) in [5, 5.41) is 1.04. The molecule has 0 heterocycles. The standard InChI is InChI=1S/C14H22BrN/c1-11(2)16(6-5-15)10-14-8-12(3)7-13(4)9-14/h7-9,11H,5-6,10H2,1-4H3. The Bertz CT molecular complexity index is 313. The van der Waals surface area contributed by atoms with Crippen molar-refractivity contribution in [3.05, 3.63) is 34.9 Å². The molecule has 0 aliphatic carbocycles. The lowest BCUT2D eigenvalue weighted by molar-refractivity contribution is 0.227. The van der Waals surface area contributed by atoms with Crippen molar-refractivity contribution in [3.8, 4) is 0 Å².